The largest absolute Gasteiger partial charge is 0.496 e. The minimum Gasteiger partial charge on any atom is -0.496 e. The summed E-state index contributed by atoms with van der Waals surface area (Å²) in [4.78, 5) is 32.4. The first-order chi connectivity index (χ1) is 16.2. The Morgan fingerprint density at radius 1 is 1.10 bits per heavy atom. The molecule has 0 fully saturated rings. The van der Waals surface area contributed by atoms with Gasteiger partial charge in [-0.05, 0) is 30.7 Å². The summed E-state index contributed by atoms with van der Waals surface area (Å²) in [5, 5.41) is 0.940. The number of methoxy groups -OCH3 is 1. The van der Waals surface area contributed by atoms with E-state index in [1.165, 1.54) is 0 Å². The molecule has 31 heavy (non-hydrogen) atoms. The van der Waals surface area contributed by atoms with Crippen LogP contribution in [-0.2, 0) is 6.42 Å². The van der Waals surface area contributed by atoms with Crippen molar-refractivity contribution in [2.45, 2.75) is 13.3 Å². The van der Waals surface area contributed by atoms with E-state index in [0.717, 1.165) is 5.69 Å². The van der Waals surface area contributed by atoms with Crippen LogP contribution in [0.3, 0.4) is 0 Å². The lowest BCUT2D eigenvalue weighted by atomic mass is 10.0. The molecular weight excluding hydrogens is 414 g/mol. The number of nitrogens with one attached hydrogen (secondary N) is 2. The highest BCUT2D eigenvalue weighted by atomic mass is 35.5. The third-order valence-corrected chi connectivity index (χ3v) is 5.32. The highest BCUT2D eigenvalue weighted by Gasteiger charge is 2.17. The van der Waals surface area contributed by atoms with Crippen LogP contribution in [0.1, 0.15) is 16.7 Å². The van der Waals surface area contributed by atoms with Gasteiger partial charge in [-0.3, -0.25) is 9.78 Å². The highest BCUT2D eigenvalue weighted by Crippen LogP contribution is 2.33. The Labute approximate surface area is 186 Å². The van der Waals surface area contributed by atoms with Gasteiger partial charge >= 0.3 is 0 Å². The summed E-state index contributed by atoms with van der Waals surface area (Å²) < 4.78 is 27.7. The topological polar surface area (TPSA) is 96.6 Å². The van der Waals surface area contributed by atoms with Gasteiger partial charge < -0.3 is 14.7 Å². The van der Waals surface area contributed by atoms with Crippen molar-refractivity contribution in [2.24, 2.45) is 0 Å². The molecule has 154 valence electrons. The molecule has 0 saturated carbocycles. The lowest BCUT2D eigenvalue weighted by Crippen LogP contribution is -2.10. The molecule has 0 amide bonds. The fraction of sp³-hybridized carbons (Fsp3) is 0.130. The van der Waals surface area contributed by atoms with Gasteiger partial charge in [0.1, 0.15) is 22.2 Å². The van der Waals surface area contributed by atoms with Crippen molar-refractivity contribution in [1.29, 1.82) is 0 Å². The van der Waals surface area contributed by atoms with Gasteiger partial charge in [-0.15, -0.1) is 0 Å². The van der Waals surface area contributed by atoms with E-state index in [1.54, 1.807) is 48.7 Å². The van der Waals surface area contributed by atoms with Gasteiger partial charge in [0.2, 0.25) is 0 Å². The zero-order valence-corrected chi connectivity index (χ0v) is 17.1. The van der Waals surface area contributed by atoms with E-state index < -0.39 is 7.04 Å². The van der Waals surface area contributed by atoms with Gasteiger partial charge in [0.15, 0.2) is 0 Å². The molecule has 0 radical (unpaired) electrons. The summed E-state index contributed by atoms with van der Waals surface area (Å²) in [5.41, 5.74) is 3.48. The van der Waals surface area contributed by atoms with Crippen LogP contribution in [0.5, 0.6) is 5.75 Å². The number of hydrogen-bond acceptors (Lipinski definition) is 5. The minimum absolute atomic E-state index is 0.160. The second-order valence-electron chi connectivity index (χ2n) is 6.96. The van der Waals surface area contributed by atoms with E-state index in [2.05, 4.69) is 24.9 Å². The average Bonchev–Trinajstić information content (AvgIpc) is 3.20. The second-order valence-corrected chi connectivity index (χ2v) is 7.35. The number of halogens is 1. The van der Waals surface area contributed by atoms with Gasteiger partial charge in [-0.25, -0.2) is 9.97 Å². The second kappa shape index (κ2) is 7.52. The van der Waals surface area contributed by atoms with E-state index in [0.29, 0.717) is 56.2 Å². The number of rotatable bonds is 4. The van der Waals surface area contributed by atoms with Crippen LogP contribution >= 0.6 is 11.6 Å². The molecule has 0 bridgehead atoms. The van der Waals surface area contributed by atoms with Gasteiger partial charge in [-0.1, -0.05) is 30.7 Å². The molecule has 0 aliphatic carbocycles. The Morgan fingerprint density at radius 3 is 2.81 bits per heavy atom. The highest BCUT2D eigenvalue weighted by molar-refractivity contribution is 6.30. The molecule has 8 heteroatoms. The van der Waals surface area contributed by atoms with Crippen molar-refractivity contribution in [2.75, 3.05) is 7.04 Å². The number of aryl methyl sites for hydroxylation is 1. The van der Waals surface area contributed by atoms with Crippen molar-refractivity contribution in [3.8, 4) is 28.4 Å². The molecule has 5 aromatic rings. The number of fused-ring (bicyclic) bond motifs is 2. The summed E-state index contributed by atoms with van der Waals surface area (Å²) in [6.07, 6.45) is 2.17. The fourth-order valence-electron chi connectivity index (χ4n) is 3.69. The zero-order chi connectivity index (χ0) is 24.0. The molecule has 0 spiro atoms. The van der Waals surface area contributed by atoms with Gasteiger partial charge in [0.25, 0.3) is 5.56 Å². The lowest BCUT2D eigenvalue weighted by molar-refractivity contribution is 0.416. The van der Waals surface area contributed by atoms with Crippen LogP contribution in [0.2, 0.25) is 5.15 Å². The monoisotopic (exact) mass is 434 g/mol. The van der Waals surface area contributed by atoms with Crippen molar-refractivity contribution in [3.63, 3.8) is 0 Å². The molecule has 0 saturated heterocycles. The number of aromatic nitrogens is 5. The number of imidazole rings is 1. The molecule has 5 rings (SSSR count). The third kappa shape index (κ3) is 3.23. The van der Waals surface area contributed by atoms with E-state index in [-0.39, 0.29) is 11.3 Å². The fourth-order valence-corrected chi connectivity index (χ4v) is 3.90. The Hall–Kier alpha value is -3.71. The number of para-hydroxylation sites is 1. The molecule has 0 aliphatic rings. The molecule has 4 aromatic heterocycles. The Kier molecular flexibility index (Phi) is 3.89. The predicted molar refractivity (Wildman–Crippen MR) is 122 cm³/mol. The molecule has 0 unspecified atom stereocenters. The number of H-pyrrole nitrogens is 2. The quantitative estimate of drug-likeness (QED) is 0.398. The van der Waals surface area contributed by atoms with Gasteiger partial charge in [-0.2, -0.15) is 0 Å². The van der Waals surface area contributed by atoms with Crippen LogP contribution < -0.4 is 10.3 Å². The molecule has 7 nitrogen and oxygen atoms in total. The molecule has 0 atom stereocenters. The summed E-state index contributed by atoms with van der Waals surface area (Å²) in [6.45, 7) is 1.95. The first-order valence-electron chi connectivity index (χ1n) is 11.1. The summed E-state index contributed by atoms with van der Waals surface area (Å²) in [7, 11) is -2.62. The van der Waals surface area contributed by atoms with Gasteiger partial charge in [0, 0.05) is 23.2 Å². The first kappa shape index (κ1) is 16.0. The van der Waals surface area contributed by atoms with Crippen LogP contribution in [0, 0.1) is 0 Å². The van der Waals surface area contributed by atoms with Crippen molar-refractivity contribution < 1.29 is 8.85 Å². The first-order valence-corrected chi connectivity index (χ1v) is 9.97. The minimum atomic E-state index is -2.62. The van der Waals surface area contributed by atoms with Gasteiger partial charge in [0.05, 0.1) is 39.1 Å². The Balaban J connectivity index is 1.73. The summed E-state index contributed by atoms with van der Waals surface area (Å²) >= 11 is 6.13. The molecule has 1 aromatic carbocycles. The number of benzene rings is 1. The number of ether oxygens (including phenoxy) is 1. The van der Waals surface area contributed by atoms with Crippen molar-refractivity contribution in [3.05, 3.63) is 69.9 Å². The molecule has 2 N–H and O–H groups in total. The van der Waals surface area contributed by atoms with E-state index >= 15 is 0 Å². The third-order valence-electron chi connectivity index (χ3n) is 5.12. The number of nitrogens with zero attached hydrogens (tertiary/aromatic N) is 3. The Bertz CT molecular complexity index is 1610. The van der Waals surface area contributed by atoms with Crippen LogP contribution in [0.15, 0.2) is 53.5 Å². The van der Waals surface area contributed by atoms with E-state index in [1.807, 2.05) is 6.92 Å². The van der Waals surface area contributed by atoms with Crippen molar-refractivity contribution >= 4 is 33.5 Å². The number of aromatic amines is 2. The molecule has 0 aliphatic heterocycles. The maximum atomic E-state index is 13.0. The predicted octanol–water partition coefficient (Wildman–Crippen LogP) is 4.75. The lowest BCUT2D eigenvalue weighted by Gasteiger charge is -2.10. The van der Waals surface area contributed by atoms with E-state index in [9.17, 15) is 4.79 Å². The van der Waals surface area contributed by atoms with E-state index in [4.69, 9.17) is 20.5 Å². The zero-order valence-electron chi connectivity index (χ0n) is 19.4. The van der Waals surface area contributed by atoms with Crippen LogP contribution in [0.4, 0.5) is 0 Å². The normalized spacial score (nSPS) is 13.2. The Morgan fingerprint density at radius 2 is 1.97 bits per heavy atom. The summed E-state index contributed by atoms with van der Waals surface area (Å²) in [6, 6.07) is 11.7. The van der Waals surface area contributed by atoms with Crippen molar-refractivity contribution in [1.82, 2.24) is 24.9 Å². The maximum absolute atomic E-state index is 13.0. The van der Waals surface area contributed by atoms with Crippen LogP contribution in [0.25, 0.3) is 44.6 Å². The molecule has 4 heterocycles. The van der Waals surface area contributed by atoms with Crippen LogP contribution in [-0.4, -0.2) is 32.0 Å². The summed E-state index contributed by atoms with van der Waals surface area (Å²) in [5.74, 6) is 0.519. The molecular formula is C23H18ClN5O2. The maximum Gasteiger partial charge on any atom is 0.259 e. The standard InChI is InChI=1S/C23H18ClN5O2/c1-3-15-21-17(11-19(24)26-15)27-22(29-21)14-10-13-16(28-23(14)30)8-9-25-20(13)12-6-4-5-7-18(12)31-2/h4-11H,3H2,1-2H3,(H,27,29)(H,28,30)/i2D3. The SMILES string of the molecule is [2H]C([2H])([2H])Oc1ccccc1-c1nccc2[nH]c(=O)c(-c3nc4c(CC)nc(Cl)cc4[nH]3)cc12. The average molecular weight is 435 g/mol. The number of pyridine rings is 3. The smallest absolute Gasteiger partial charge is 0.259 e. The number of hydrogen-bond donors (Lipinski definition) is 2.